The molecule has 0 aliphatic carbocycles. The molecular formula is C12H16O7. The van der Waals surface area contributed by atoms with Crippen molar-refractivity contribution in [2.75, 3.05) is 6.61 Å². The maximum Gasteiger partial charge on any atom is 0.203 e. The van der Waals surface area contributed by atoms with Crippen molar-refractivity contribution in [3.63, 3.8) is 0 Å². The van der Waals surface area contributed by atoms with Gasteiger partial charge in [-0.2, -0.15) is 0 Å². The molecule has 19 heavy (non-hydrogen) atoms. The molecule has 106 valence electrons. The zero-order valence-corrected chi connectivity index (χ0v) is 10.0. The summed E-state index contributed by atoms with van der Waals surface area (Å²) in [4.78, 5) is 0. The maximum absolute atomic E-state index is 9.62. The molecule has 1 aromatic carbocycles. The Morgan fingerprint density at radius 1 is 1.26 bits per heavy atom. The predicted molar refractivity (Wildman–Crippen MR) is 62.8 cm³/mol. The van der Waals surface area contributed by atoms with E-state index in [4.69, 9.17) is 14.6 Å². The number of aliphatic hydroxyl groups is 3. The van der Waals surface area contributed by atoms with Crippen LogP contribution >= 0.6 is 0 Å². The highest BCUT2D eigenvalue weighted by Gasteiger charge is 2.37. The highest BCUT2D eigenvalue weighted by atomic mass is 16.7. The molecule has 0 radical (unpaired) electrons. The molecule has 4 atom stereocenters. The van der Waals surface area contributed by atoms with Crippen LogP contribution in [0, 0.1) is 0 Å². The van der Waals surface area contributed by atoms with Gasteiger partial charge in [0.15, 0.2) is 11.5 Å². The van der Waals surface area contributed by atoms with Gasteiger partial charge in [0, 0.05) is 6.42 Å². The van der Waals surface area contributed by atoms with Crippen molar-refractivity contribution in [2.45, 2.75) is 31.0 Å². The monoisotopic (exact) mass is 272 g/mol. The minimum atomic E-state index is -1.19. The SMILES string of the molecule is OC[C@H]1O[C@@H](Oc2cccc(O)c2O)C[C@@H](O)[C@H]1O. The molecule has 1 heterocycles. The van der Waals surface area contributed by atoms with Gasteiger partial charge in [0.05, 0.1) is 12.7 Å². The van der Waals surface area contributed by atoms with Crippen molar-refractivity contribution < 1.29 is 35.0 Å². The van der Waals surface area contributed by atoms with E-state index in [-0.39, 0.29) is 17.9 Å². The van der Waals surface area contributed by atoms with Crippen LogP contribution in [-0.2, 0) is 4.74 Å². The summed E-state index contributed by atoms with van der Waals surface area (Å²) in [6, 6.07) is 4.19. The molecular weight excluding hydrogens is 256 g/mol. The van der Waals surface area contributed by atoms with Crippen molar-refractivity contribution in [3.05, 3.63) is 18.2 Å². The first-order chi connectivity index (χ1) is 9.02. The first kappa shape index (κ1) is 13.9. The van der Waals surface area contributed by atoms with Crippen LogP contribution in [0.25, 0.3) is 0 Å². The number of hydrogen-bond acceptors (Lipinski definition) is 7. The number of phenolic OH excluding ortho intramolecular Hbond substituents is 2. The fraction of sp³-hybridized carbons (Fsp3) is 0.500. The quantitative estimate of drug-likeness (QED) is 0.462. The normalized spacial score (nSPS) is 31.1. The standard InChI is InChI=1S/C12H16O7/c13-5-9-12(17)7(15)4-10(19-9)18-8-3-1-2-6(14)11(8)16/h1-3,7,9-10,12-17H,4-5H2/t7-,9-,10-,12-/m1/s1. The lowest BCUT2D eigenvalue weighted by Crippen LogP contribution is -2.51. The van der Waals surface area contributed by atoms with E-state index in [0.717, 1.165) is 0 Å². The van der Waals surface area contributed by atoms with Crippen molar-refractivity contribution in [3.8, 4) is 17.2 Å². The van der Waals surface area contributed by atoms with Crippen LogP contribution in [0.3, 0.4) is 0 Å². The Labute approximate surface area is 109 Å². The van der Waals surface area contributed by atoms with Crippen molar-refractivity contribution in [2.24, 2.45) is 0 Å². The van der Waals surface area contributed by atoms with Crippen LogP contribution < -0.4 is 4.74 Å². The Hall–Kier alpha value is -1.54. The summed E-state index contributed by atoms with van der Waals surface area (Å²) in [5.41, 5.74) is 0. The minimum absolute atomic E-state index is 0.00900. The minimum Gasteiger partial charge on any atom is -0.504 e. The Balaban J connectivity index is 2.09. The number of ether oxygens (including phenoxy) is 2. The second-order valence-electron chi connectivity index (χ2n) is 4.32. The van der Waals surface area contributed by atoms with Crippen LogP contribution in [0.4, 0.5) is 0 Å². The molecule has 0 amide bonds. The van der Waals surface area contributed by atoms with E-state index in [9.17, 15) is 20.4 Å². The lowest BCUT2D eigenvalue weighted by molar-refractivity contribution is -0.230. The number of hydrogen-bond donors (Lipinski definition) is 5. The van der Waals surface area contributed by atoms with Crippen LogP contribution in [0.15, 0.2) is 18.2 Å². The van der Waals surface area contributed by atoms with Crippen LogP contribution in [-0.4, -0.2) is 56.7 Å². The van der Waals surface area contributed by atoms with E-state index < -0.39 is 37.0 Å². The number of para-hydroxylation sites is 1. The van der Waals surface area contributed by atoms with Gasteiger partial charge < -0.3 is 35.0 Å². The molecule has 7 heteroatoms. The Morgan fingerprint density at radius 2 is 2.00 bits per heavy atom. The predicted octanol–water partition coefficient (Wildman–Crippen LogP) is -0.694. The second kappa shape index (κ2) is 5.62. The molecule has 7 nitrogen and oxygen atoms in total. The van der Waals surface area contributed by atoms with Gasteiger partial charge in [-0.1, -0.05) is 6.07 Å². The lowest BCUT2D eigenvalue weighted by atomic mass is 10.0. The molecule has 1 fully saturated rings. The van der Waals surface area contributed by atoms with Crippen LogP contribution in [0.2, 0.25) is 0 Å². The lowest BCUT2D eigenvalue weighted by Gasteiger charge is -2.36. The molecule has 1 saturated heterocycles. The third-order valence-corrected chi connectivity index (χ3v) is 2.95. The molecule has 1 aliphatic rings. The highest BCUT2D eigenvalue weighted by Crippen LogP contribution is 2.36. The van der Waals surface area contributed by atoms with Gasteiger partial charge in [0.2, 0.25) is 12.0 Å². The molecule has 0 saturated carbocycles. The number of rotatable bonds is 3. The summed E-state index contributed by atoms with van der Waals surface area (Å²) in [5.74, 6) is -0.787. The summed E-state index contributed by atoms with van der Waals surface area (Å²) in [6.07, 6.45) is -4.22. The van der Waals surface area contributed by atoms with Gasteiger partial charge in [-0.25, -0.2) is 0 Å². The Morgan fingerprint density at radius 3 is 2.68 bits per heavy atom. The summed E-state index contributed by atoms with van der Waals surface area (Å²) in [7, 11) is 0. The molecule has 1 aromatic rings. The number of aromatic hydroxyl groups is 2. The highest BCUT2D eigenvalue weighted by molar-refractivity contribution is 5.48. The number of aliphatic hydroxyl groups excluding tert-OH is 3. The molecule has 5 N–H and O–H groups in total. The van der Waals surface area contributed by atoms with Crippen molar-refractivity contribution in [1.29, 1.82) is 0 Å². The molecule has 0 spiro atoms. The Bertz CT molecular complexity index is 436. The first-order valence-electron chi connectivity index (χ1n) is 5.83. The summed E-state index contributed by atoms with van der Waals surface area (Å²) < 4.78 is 10.5. The zero-order valence-electron chi connectivity index (χ0n) is 10.0. The third kappa shape index (κ3) is 2.90. The van der Waals surface area contributed by atoms with E-state index in [1.807, 2.05) is 0 Å². The fourth-order valence-corrected chi connectivity index (χ4v) is 1.89. The van der Waals surface area contributed by atoms with E-state index in [2.05, 4.69) is 0 Å². The van der Waals surface area contributed by atoms with Gasteiger partial charge in [-0.15, -0.1) is 0 Å². The second-order valence-corrected chi connectivity index (χ2v) is 4.32. The van der Waals surface area contributed by atoms with Crippen LogP contribution in [0.1, 0.15) is 6.42 Å². The van der Waals surface area contributed by atoms with Gasteiger partial charge in [-0.3, -0.25) is 0 Å². The number of benzene rings is 1. The van der Waals surface area contributed by atoms with Crippen molar-refractivity contribution in [1.82, 2.24) is 0 Å². The molecule has 0 aromatic heterocycles. The van der Waals surface area contributed by atoms with Gasteiger partial charge >= 0.3 is 0 Å². The van der Waals surface area contributed by atoms with E-state index >= 15 is 0 Å². The van der Waals surface area contributed by atoms with Gasteiger partial charge in [0.25, 0.3) is 0 Å². The smallest absolute Gasteiger partial charge is 0.203 e. The topological polar surface area (TPSA) is 120 Å². The molecule has 0 unspecified atom stereocenters. The van der Waals surface area contributed by atoms with E-state index in [1.54, 1.807) is 0 Å². The average Bonchev–Trinajstić information content (AvgIpc) is 2.39. The Kier molecular flexibility index (Phi) is 4.11. The molecule has 2 rings (SSSR count). The van der Waals surface area contributed by atoms with Crippen molar-refractivity contribution >= 4 is 0 Å². The first-order valence-corrected chi connectivity index (χ1v) is 5.83. The molecule has 1 aliphatic heterocycles. The summed E-state index contributed by atoms with van der Waals surface area (Å²) >= 11 is 0. The summed E-state index contributed by atoms with van der Waals surface area (Å²) in [6.45, 7) is -0.468. The van der Waals surface area contributed by atoms with Gasteiger partial charge in [0.1, 0.15) is 12.2 Å². The number of phenols is 2. The average molecular weight is 272 g/mol. The maximum atomic E-state index is 9.62. The third-order valence-electron chi connectivity index (χ3n) is 2.95. The summed E-state index contributed by atoms with van der Waals surface area (Å²) in [5, 5.41) is 47.1. The fourth-order valence-electron chi connectivity index (χ4n) is 1.89. The zero-order chi connectivity index (χ0) is 14.0. The van der Waals surface area contributed by atoms with E-state index in [1.165, 1.54) is 18.2 Å². The molecule has 0 bridgehead atoms. The van der Waals surface area contributed by atoms with Gasteiger partial charge in [-0.05, 0) is 12.1 Å². The van der Waals surface area contributed by atoms with E-state index in [0.29, 0.717) is 0 Å². The largest absolute Gasteiger partial charge is 0.504 e. The van der Waals surface area contributed by atoms with Crippen LogP contribution in [0.5, 0.6) is 17.2 Å².